The minimum Gasteiger partial charge on any atom is -0.480 e. The predicted molar refractivity (Wildman–Crippen MR) is 47.2 cm³/mol. The molecule has 1 aliphatic heterocycles. The monoisotopic (exact) mass is 185 g/mol. The standard InChI is InChI=1S/C9H15NO3/c1-6(7(11)12)10-5-4-9(2,3)8(10)13/h6H,4-5H2,1-3H3,(H,11,12)/t6-/m0/s1. The lowest BCUT2D eigenvalue weighted by molar-refractivity contribution is -0.149. The molecule has 74 valence electrons. The van der Waals surface area contributed by atoms with Crippen LogP contribution < -0.4 is 0 Å². The minimum absolute atomic E-state index is 0.0533. The van der Waals surface area contributed by atoms with Crippen LogP contribution in [-0.4, -0.2) is 34.5 Å². The van der Waals surface area contributed by atoms with Gasteiger partial charge in [0.05, 0.1) is 0 Å². The molecule has 0 spiro atoms. The van der Waals surface area contributed by atoms with Crippen LogP contribution >= 0.6 is 0 Å². The Labute approximate surface area is 77.5 Å². The lowest BCUT2D eigenvalue weighted by atomic mass is 9.92. The number of carbonyl (C=O) groups is 2. The molecule has 1 N–H and O–H groups in total. The first-order chi connectivity index (χ1) is 5.86. The van der Waals surface area contributed by atoms with E-state index in [1.54, 1.807) is 6.92 Å². The summed E-state index contributed by atoms with van der Waals surface area (Å²) in [7, 11) is 0. The SMILES string of the molecule is C[C@@H](C(=O)O)N1CCC(C)(C)C1=O. The molecule has 0 aromatic rings. The summed E-state index contributed by atoms with van der Waals surface area (Å²) in [6.45, 7) is 5.80. The average molecular weight is 185 g/mol. The zero-order valence-electron chi connectivity index (χ0n) is 8.20. The highest BCUT2D eigenvalue weighted by Crippen LogP contribution is 2.31. The van der Waals surface area contributed by atoms with E-state index in [2.05, 4.69) is 0 Å². The Hall–Kier alpha value is -1.06. The van der Waals surface area contributed by atoms with Crippen molar-refractivity contribution in [3.63, 3.8) is 0 Å². The van der Waals surface area contributed by atoms with E-state index in [1.165, 1.54) is 4.90 Å². The van der Waals surface area contributed by atoms with Crippen LogP contribution in [0.1, 0.15) is 27.2 Å². The molecule has 0 saturated carbocycles. The quantitative estimate of drug-likeness (QED) is 0.689. The van der Waals surface area contributed by atoms with Crippen LogP contribution in [0.3, 0.4) is 0 Å². The van der Waals surface area contributed by atoms with Crippen LogP contribution in [-0.2, 0) is 9.59 Å². The fourth-order valence-corrected chi connectivity index (χ4v) is 1.50. The highest BCUT2D eigenvalue weighted by Gasteiger charge is 2.42. The van der Waals surface area contributed by atoms with E-state index in [9.17, 15) is 9.59 Å². The van der Waals surface area contributed by atoms with Crippen molar-refractivity contribution in [2.75, 3.05) is 6.54 Å². The van der Waals surface area contributed by atoms with Gasteiger partial charge in [-0.15, -0.1) is 0 Å². The van der Waals surface area contributed by atoms with Gasteiger partial charge in [-0.05, 0) is 13.3 Å². The summed E-state index contributed by atoms with van der Waals surface area (Å²) < 4.78 is 0. The number of aliphatic carboxylic acids is 1. The molecule has 1 atom stereocenters. The Bertz CT molecular complexity index is 247. The Balaban J connectivity index is 2.76. The van der Waals surface area contributed by atoms with Crippen LogP contribution in [0.4, 0.5) is 0 Å². The first kappa shape index (κ1) is 10.0. The number of hydrogen-bond donors (Lipinski definition) is 1. The summed E-state index contributed by atoms with van der Waals surface area (Å²) in [5.74, 6) is -0.992. The number of carboxylic acids is 1. The molecule has 1 fully saturated rings. The van der Waals surface area contributed by atoms with Gasteiger partial charge in [0.1, 0.15) is 6.04 Å². The smallest absolute Gasteiger partial charge is 0.326 e. The van der Waals surface area contributed by atoms with Crippen molar-refractivity contribution >= 4 is 11.9 Å². The van der Waals surface area contributed by atoms with Crippen molar-refractivity contribution in [3.8, 4) is 0 Å². The second kappa shape index (κ2) is 3.01. The maximum atomic E-state index is 11.6. The lowest BCUT2D eigenvalue weighted by Crippen LogP contribution is -2.42. The number of rotatable bonds is 2. The molecule has 1 heterocycles. The summed E-state index contributed by atoms with van der Waals surface area (Å²) in [6.07, 6.45) is 0.740. The topological polar surface area (TPSA) is 57.6 Å². The molecule has 0 aliphatic carbocycles. The second-order valence-electron chi connectivity index (χ2n) is 4.15. The van der Waals surface area contributed by atoms with Crippen molar-refractivity contribution in [1.82, 2.24) is 4.90 Å². The van der Waals surface area contributed by atoms with E-state index < -0.39 is 12.0 Å². The molecule has 0 radical (unpaired) electrons. The van der Waals surface area contributed by atoms with E-state index in [1.807, 2.05) is 13.8 Å². The maximum Gasteiger partial charge on any atom is 0.326 e. The first-order valence-electron chi connectivity index (χ1n) is 4.40. The van der Waals surface area contributed by atoms with Crippen LogP contribution in [0.2, 0.25) is 0 Å². The fourth-order valence-electron chi connectivity index (χ4n) is 1.50. The Morgan fingerprint density at radius 3 is 2.46 bits per heavy atom. The number of hydrogen-bond acceptors (Lipinski definition) is 2. The predicted octanol–water partition coefficient (Wildman–Crippen LogP) is 0.718. The lowest BCUT2D eigenvalue weighted by Gasteiger charge is -2.22. The van der Waals surface area contributed by atoms with Crippen molar-refractivity contribution in [3.05, 3.63) is 0 Å². The molecule has 1 rings (SSSR count). The number of amides is 1. The highest BCUT2D eigenvalue weighted by molar-refractivity contribution is 5.88. The molecule has 13 heavy (non-hydrogen) atoms. The van der Waals surface area contributed by atoms with Crippen LogP contribution in [0, 0.1) is 5.41 Å². The molecule has 4 nitrogen and oxygen atoms in total. The third-order valence-electron chi connectivity index (χ3n) is 2.64. The van der Waals surface area contributed by atoms with Crippen LogP contribution in [0.5, 0.6) is 0 Å². The third-order valence-corrected chi connectivity index (χ3v) is 2.64. The largest absolute Gasteiger partial charge is 0.480 e. The molecule has 0 unspecified atom stereocenters. The van der Waals surface area contributed by atoms with Gasteiger partial charge in [0.25, 0.3) is 0 Å². The van der Waals surface area contributed by atoms with Crippen molar-refractivity contribution in [1.29, 1.82) is 0 Å². The van der Waals surface area contributed by atoms with Crippen molar-refractivity contribution in [2.24, 2.45) is 5.41 Å². The summed E-state index contributed by atoms with van der Waals surface area (Å²) in [6, 6.07) is -0.700. The molecule has 1 saturated heterocycles. The average Bonchev–Trinajstić information content (AvgIpc) is 2.27. The second-order valence-corrected chi connectivity index (χ2v) is 4.15. The van der Waals surface area contributed by atoms with Gasteiger partial charge >= 0.3 is 5.97 Å². The van der Waals surface area contributed by atoms with E-state index >= 15 is 0 Å². The number of carboxylic acid groups (broad SMARTS) is 1. The van der Waals surface area contributed by atoms with Gasteiger partial charge in [-0.25, -0.2) is 4.79 Å². The highest BCUT2D eigenvalue weighted by atomic mass is 16.4. The molecule has 1 amide bonds. The summed E-state index contributed by atoms with van der Waals surface area (Å²) >= 11 is 0. The first-order valence-corrected chi connectivity index (χ1v) is 4.40. The minimum atomic E-state index is -0.939. The van der Waals surface area contributed by atoms with Gasteiger partial charge in [-0.1, -0.05) is 13.8 Å². The van der Waals surface area contributed by atoms with Gasteiger partial charge in [-0.3, -0.25) is 4.79 Å². The van der Waals surface area contributed by atoms with Crippen molar-refractivity contribution in [2.45, 2.75) is 33.2 Å². The molecular weight excluding hydrogens is 170 g/mol. The number of nitrogens with zero attached hydrogens (tertiary/aromatic N) is 1. The molecular formula is C9H15NO3. The fraction of sp³-hybridized carbons (Fsp3) is 0.778. The zero-order valence-corrected chi connectivity index (χ0v) is 8.20. The van der Waals surface area contributed by atoms with Gasteiger partial charge in [-0.2, -0.15) is 0 Å². The number of carbonyl (C=O) groups excluding carboxylic acids is 1. The van der Waals surface area contributed by atoms with Crippen LogP contribution in [0.25, 0.3) is 0 Å². The number of likely N-dealkylation sites (tertiary alicyclic amines) is 1. The van der Waals surface area contributed by atoms with Gasteiger partial charge in [0.15, 0.2) is 0 Å². The normalized spacial score (nSPS) is 23.3. The van der Waals surface area contributed by atoms with Gasteiger partial charge in [0, 0.05) is 12.0 Å². The Morgan fingerprint density at radius 2 is 2.15 bits per heavy atom. The Kier molecular flexibility index (Phi) is 2.32. The summed E-state index contributed by atoms with van der Waals surface area (Å²) in [4.78, 5) is 23.7. The van der Waals surface area contributed by atoms with E-state index in [4.69, 9.17) is 5.11 Å². The molecule has 0 aromatic carbocycles. The third kappa shape index (κ3) is 1.66. The molecule has 4 heteroatoms. The molecule has 0 aromatic heterocycles. The summed E-state index contributed by atoms with van der Waals surface area (Å²) in [5, 5.41) is 8.74. The zero-order chi connectivity index (χ0) is 10.2. The molecule has 1 aliphatic rings. The molecule has 0 bridgehead atoms. The van der Waals surface area contributed by atoms with Gasteiger partial charge < -0.3 is 10.0 Å². The van der Waals surface area contributed by atoms with E-state index in [0.717, 1.165) is 6.42 Å². The van der Waals surface area contributed by atoms with E-state index in [0.29, 0.717) is 6.54 Å². The van der Waals surface area contributed by atoms with Crippen molar-refractivity contribution < 1.29 is 14.7 Å². The van der Waals surface area contributed by atoms with E-state index in [-0.39, 0.29) is 11.3 Å². The summed E-state index contributed by atoms with van der Waals surface area (Å²) in [5.41, 5.74) is -0.385. The Morgan fingerprint density at radius 1 is 1.62 bits per heavy atom. The van der Waals surface area contributed by atoms with Gasteiger partial charge in [0.2, 0.25) is 5.91 Å². The van der Waals surface area contributed by atoms with Crippen LogP contribution in [0.15, 0.2) is 0 Å². The maximum absolute atomic E-state index is 11.6.